The maximum atomic E-state index is 12.5. The third-order valence-corrected chi connectivity index (χ3v) is 5.03. The van der Waals surface area contributed by atoms with Crippen LogP contribution in [0.15, 0.2) is 35.5 Å². The Balaban J connectivity index is 1.89. The number of pyridine rings is 1. The van der Waals surface area contributed by atoms with Gasteiger partial charge in [0.05, 0.1) is 23.4 Å². The molecule has 0 spiro atoms. The van der Waals surface area contributed by atoms with Crippen molar-refractivity contribution in [1.82, 2.24) is 14.5 Å². The van der Waals surface area contributed by atoms with Gasteiger partial charge in [0.2, 0.25) is 0 Å². The van der Waals surface area contributed by atoms with Crippen LogP contribution in [0.4, 0.5) is 4.79 Å². The quantitative estimate of drug-likeness (QED) is 0.581. The van der Waals surface area contributed by atoms with Gasteiger partial charge in [0.15, 0.2) is 0 Å². The number of thioether (sulfide) groups is 1. The van der Waals surface area contributed by atoms with E-state index in [9.17, 15) is 14.4 Å². The maximum absolute atomic E-state index is 12.5. The number of carbonyl (C=O) groups is 3. The van der Waals surface area contributed by atoms with Crippen molar-refractivity contribution in [2.75, 3.05) is 13.2 Å². The number of rotatable bonds is 5. The molecule has 2 aromatic heterocycles. The first kappa shape index (κ1) is 18.9. The summed E-state index contributed by atoms with van der Waals surface area (Å²) >= 11 is 0.825. The molecule has 0 bridgehead atoms. The number of carbonyl (C=O) groups excluding carboxylic acids is 3. The standard InChI is InChI=1S/C19H19N3O4S/c1-4-26-17(23)11-21-18(24)16(27-19(21)25)9-14-8-12(2)22(13(14)3)15-6-5-7-20-10-15/h5-10H,4,11H2,1-3H3/b16-9+. The van der Waals surface area contributed by atoms with Crippen LogP contribution in [0.3, 0.4) is 0 Å². The number of hydrogen-bond acceptors (Lipinski definition) is 6. The van der Waals surface area contributed by atoms with Crippen molar-refractivity contribution in [3.63, 3.8) is 0 Å². The molecule has 140 valence electrons. The minimum atomic E-state index is -0.601. The summed E-state index contributed by atoms with van der Waals surface area (Å²) in [6.07, 6.45) is 5.15. The average Bonchev–Trinajstić information content (AvgIpc) is 3.06. The summed E-state index contributed by atoms with van der Waals surface area (Å²) in [7, 11) is 0. The summed E-state index contributed by atoms with van der Waals surface area (Å²) in [4.78, 5) is 41.6. The number of aryl methyl sites for hydroxylation is 1. The molecule has 8 heteroatoms. The number of imide groups is 1. The molecule has 0 atom stereocenters. The van der Waals surface area contributed by atoms with Crippen molar-refractivity contribution in [3.05, 3.63) is 52.4 Å². The molecule has 0 aromatic carbocycles. The number of nitrogens with zero attached hydrogens (tertiary/aromatic N) is 3. The van der Waals surface area contributed by atoms with Crippen molar-refractivity contribution < 1.29 is 19.1 Å². The van der Waals surface area contributed by atoms with Gasteiger partial charge in [0.1, 0.15) is 6.54 Å². The molecule has 3 rings (SSSR count). The second-order valence-electron chi connectivity index (χ2n) is 5.95. The predicted octanol–water partition coefficient (Wildman–Crippen LogP) is 3.09. The van der Waals surface area contributed by atoms with Crippen molar-refractivity contribution in [3.8, 4) is 5.69 Å². The SMILES string of the molecule is CCOC(=O)CN1C(=O)S/C(=C/c2cc(C)n(-c3cccnc3)c2C)C1=O. The average molecular weight is 385 g/mol. The van der Waals surface area contributed by atoms with E-state index >= 15 is 0 Å². The van der Waals surface area contributed by atoms with Gasteiger partial charge in [-0.15, -0.1) is 0 Å². The Morgan fingerprint density at radius 3 is 2.78 bits per heavy atom. The Bertz CT molecular complexity index is 934. The van der Waals surface area contributed by atoms with Gasteiger partial charge in [-0.3, -0.25) is 24.3 Å². The van der Waals surface area contributed by atoms with Crippen LogP contribution in [0, 0.1) is 13.8 Å². The summed E-state index contributed by atoms with van der Waals surface area (Å²) in [6, 6.07) is 5.75. The third kappa shape index (κ3) is 3.80. The molecule has 1 saturated heterocycles. The lowest BCUT2D eigenvalue weighted by molar-refractivity contribution is -0.145. The molecule has 3 heterocycles. The number of esters is 1. The molecule has 0 unspecified atom stereocenters. The number of aromatic nitrogens is 2. The molecule has 2 amide bonds. The smallest absolute Gasteiger partial charge is 0.326 e. The van der Waals surface area contributed by atoms with Crippen LogP contribution in [0.2, 0.25) is 0 Å². The van der Waals surface area contributed by atoms with E-state index in [0.717, 1.165) is 39.3 Å². The summed E-state index contributed by atoms with van der Waals surface area (Å²) in [5.74, 6) is -1.08. The lowest BCUT2D eigenvalue weighted by atomic mass is 10.2. The molecule has 0 radical (unpaired) electrons. The van der Waals surface area contributed by atoms with Crippen LogP contribution in [-0.4, -0.2) is 44.7 Å². The minimum Gasteiger partial charge on any atom is -0.465 e. The lowest BCUT2D eigenvalue weighted by Gasteiger charge is -2.10. The first-order valence-corrected chi connectivity index (χ1v) is 9.24. The molecule has 1 fully saturated rings. The zero-order valence-electron chi connectivity index (χ0n) is 15.3. The highest BCUT2D eigenvalue weighted by Crippen LogP contribution is 2.33. The lowest BCUT2D eigenvalue weighted by Crippen LogP contribution is -2.34. The molecular formula is C19H19N3O4S. The zero-order chi connectivity index (χ0) is 19.6. The summed E-state index contributed by atoms with van der Waals surface area (Å²) in [6.45, 7) is 5.40. The molecule has 1 aliphatic heterocycles. The van der Waals surface area contributed by atoms with Crippen LogP contribution in [0.1, 0.15) is 23.9 Å². The van der Waals surface area contributed by atoms with Gasteiger partial charge in [0, 0.05) is 17.6 Å². The summed E-state index contributed by atoms with van der Waals surface area (Å²) < 4.78 is 6.85. The molecular weight excluding hydrogens is 366 g/mol. The van der Waals surface area contributed by atoms with E-state index in [1.807, 2.05) is 36.6 Å². The summed E-state index contributed by atoms with van der Waals surface area (Å²) in [5, 5.41) is -0.472. The Labute approximate surface area is 161 Å². The van der Waals surface area contributed by atoms with Gasteiger partial charge in [-0.25, -0.2) is 0 Å². The first-order chi connectivity index (χ1) is 12.9. The number of hydrogen-bond donors (Lipinski definition) is 0. The second-order valence-corrected chi connectivity index (χ2v) is 6.94. The Morgan fingerprint density at radius 1 is 1.33 bits per heavy atom. The molecule has 2 aromatic rings. The van der Waals surface area contributed by atoms with Crippen LogP contribution in [-0.2, 0) is 14.3 Å². The fourth-order valence-corrected chi connectivity index (χ4v) is 3.76. The highest BCUT2D eigenvalue weighted by molar-refractivity contribution is 8.18. The van der Waals surface area contributed by atoms with Crippen molar-refractivity contribution in [2.45, 2.75) is 20.8 Å². The van der Waals surface area contributed by atoms with E-state index in [-0.39, 0.29) is 18.1 Å². The zero-order valence-corrected chi connectivity index (χ0v) is 16.1. The topological polar surface area (TPSA) is 81.5 Å². The monoisotopic (exact) mass is 385 g/mol. The van der Waals surface area contributed by atoms with E-state index in [1.54, 1.807) is 25.4 Å². The Morgan fingerprint density at radius 2 is 2.11 bits per heavy atom. The van der Waals surface area contributed by atoms with Gasteiger partial charge >= 0.3 is 5.97 Å². The van der Waals surface area contributed by atoms with Gasteiger partial charge in [-0.1, -0.05) is 0 Å². The maximum Gasteiger partial charge on any atom is 0.326 e. The predicted molar refractivity (Wildman–Crippen MR) is 102 cm³/mol. The van der Waals surface area contributed by atoms with Crippen molar-refractivity contribution in [1.29, 1.82) is 0 Å². The largest absolute Gasteiger partial charge is 0.465 e. The van der Waals surface area contributed by atoms with E-state index in [0.29, 0.717) is 0 Å². The van der Waals surface area contributed by atoms with E-state index in [4.69, 9.17) is 4.74 Å². The molecule has 7 nitrogen and oxygen atoms in total. The van der Waals surface area contributed by atoms with Crippen LogP contribution >= 0.6 is 11.8 Å². The third-order valence-electron chi connectivity index (χ3n) is 4.13. The van der Waals surface area contributed by atoms with Crippen molar-refractivity contribution >= 4 is 35.0 Å². The fourth-order valence-electron chi connectivity index (χ4n) is 2.93. The second kappa shape index (κ2) is 7.79. The van der Waals surface area contributed by atoms with Gasteiger partial charge in [0.25, 0.3) is 11.1 Å². The molecule has 0 N–H and O–H groups in total. The van der Waals surface area contributed by atoms with Crippen molar-refractivity contribution in [2.24, 2.45) is 0 Å². The summed E-state index contributed by atoms with van der Waals surface area (Å²) in [5.41, 5.74) is 3.66. The first-order valence-electron chi connectivity index (χ1n) is 8.42. The minimum absolute atomic E-state index is 0.200. The van der Waals surface area contributed by atoms with Crippen LogP contribution in [0.5, 0.6) is 0 Å². The highest BCUT2D eigenvalue weighted by Gasteiger charge is 2.36. The fraction of sp³-hybridized carbons (Fsp3) is 0.263. The van der Waals surface area contributed by atoms with Crippen LogP contribution in [0.25, 0.3) is 11.8 Å². The van der Waals surface area contributed by atoms with Gasteiger partial charge in [-0.05, 0) is 62.4 Å². The highest BCUT2D eigenvalue weighted by atomic mass is 32.2. The van der Waals surface area contributed by atoms with Gasteiger partial charge in [-0.2, -0.15) is 0 Å². The Hall–Kier alpha value is -2.87. The Kier molecular flexibility index (Phi) is 5.46. The van der Waals surface area contributed by atoms with E-state index in [1.165, 1.54) is 0 Å². The number of ether oxygens (including phenoxy) is 1. The molecule has 0 saturated carbocycles. The molecule has 27 heavy (non-hydrogen) atoms. The molecule has 1 aliphatic rings. The van der Waals surface area contributed by atoms with Crippen LogP contribution < -0.4 is 0 Å². The number of amides is 2. The van der Waals surface area contributed by atoms with E-state index < -0.39 is 17.1 Å². The molecule has 0 aliphatic carbocycles. The van der Waals surface area contributed by atoms with Gasteiger partial charge < -0.3 is 9.30 Å². The van der Waals surface area contributed by atoms with E-state index in [2.05, 4.69) is 4.98 Å². The normalized spacial score (nSPS) is 15.7.